The summed E-state index contributed by atoms with van der Waals surface area (Å²) in [5, 5.41) is 14.3. The number of anilines is 1. The summed E-state index contributed by atoms with van der Waals surface area (Å²) in [5.41, 5.74) is 0.174. The van der Waals surface area contributed by atoms with E-state index in [1.165, 1.54) is 12.1 Å². The van der Waals surface area contributed by atoms with Crippen molar-refractivity contribution in [3.05, 3.63) is 29.6 Å². The third-order valence-electron chi connectivity index (χ3n) is 3.59. The van der Waals surface area contributed by atoms with Gasteiger partial charge < -0.3 is 15.5 Å². The first-order valence-corrected chi connectivity index (χ1v) is 7.07. The Labute approximate surface area is 131 Å². The van der Waals surface area contributed by atoms with Crippen molar-refractivity contribution >= 4 is 11.7 Å². The Hall–Kier alpha value is -2.13. The van der Waals surface area contributed by atoms with Crippen LogP contribution in [0.15, 0.2) is 18.2 Å². The molecular formula is C16H23FN4O. The number of benzene rings is 1. The fourth-order valence-electron chi connectivity index (χ4n) is 2.20. The van der Waals surface area contributed by atoms with Crippen LogP contribution in [0.25, 0.3) is 0 Å². The molecule has 0 aliphatic carbocycles. The van der Waals surface area contributed by atoms with Gasteiger partial charge in [-0.2, -0.15) is 5.26 Å². The number of carbonyl (C=O) groups is 1. The van der Waals surface area contributed by atoms with E-state index in [1.807, 2.05) is 21.0 Å². The second kappa shape index (κ2) is 7.23. The number of nitriles is 1. The lowest BCUT2D eigenvalue weighted by Gasteiger charge is -2.34. The minimum atomic E-state index is -0.603. The van der Waals surface area contributed by atoms with E-state index in [2.05, 4.69) is 29.4 Å². The zero-order valence-electron chi connectivity index (χ0n) is 13.7. The van der Waals surface area contributed by atoms with Gasteiger partial charge in [-0.05, 0) is 44.6 Å². The summed E-state index contributed by atoms with van der Waals surface area (Å²) in [7, 11) is 3.97. The number of rotatable bonds is 5. The molecule has 2 N–H and O–H groups in total. The number of amides is 2. The molecule has 0 bridgehead atoms. The number of nitrogens with one attached hydrogen (secondary N) is 2. The molecule has 1 aromatic carbocycles. The van der Waals surface area contributed by atoms with Crippen molar-refractivity contribution in [2.45, 2.75) is 26.8 Å². The number of nitrogens with zero attached hydrogens (tertiary/aromatic N) is 2. The van der Waals surface area contributed by atoms with Gasteiger partial charge in [-0.25, -0.2) is 9.18 Å². The quantitative estimate of drug-likeness (QED) is 0.879. The third-order valence-corrected chi connectivity index (χ3v) is 3.59. The average Bonchev–Trinajstić information content (AvgIpc) is 2.39. The van der Waals surface area contributed by atoms with Crippen LogP contribution in [-0.4, -0.2) is 37.6 Å². The van der Waals surface area contributed by atoms with Gasteiger partial charge in [0, 0.05) is 18.3 Å². The van der Waals surface area contributed by atoms with Gasteiger partial charge in [0.1, 0.15) is 11.9 Å². The number of hydrogen-bond acceptors (Lipinski definition) is 3. The lowest BCUT2D eigenvalue weighted by molar-refractivity contribution is 0.183. The van der Waals surface area contributed by atoms with Crippen molar-refractivity contribution in [2.24, 2.45) is 5.41 Å². The highest BCUT2D eigenvalue weighted by atomic mass is 19.1. The van der Waals surface area contributed by atoms with Gasteiger partial charge in [-0.3, -0.25) is 0 Å². The molecule has 0 aromatic heterocycles. The lowest BCUT2D eigenvalue weighted by atomic mass is 9.85. The second-order valence-corrected chi connectivity index (χ2v) is 6.35. The van der Waals surface area contributed by atoms with Crippen LogP contribution < -0.4 is 10.6 Å². The number of carbonyl (C=O) groups excluding carboxylic acids is 1. The molecule has 1 aromatic rings. The van der Waals surface area contributed by atoms with Gasteiger partial charge in [0.25, 0.3) is 0 Å². The summed E-state index contributed by atoms with van der Waals surface area (Å²) < 4.78 is 13.2. The third kappa shape index (κ3) is 5.01. The Morgan fingerprint density at radius 3 is 2.64 bits per heavy atom. The first-order chi connectivity index (χ1) is 10.2. The maximum absolute atomic E-state index is 13.2. The van der Waals surface area contributed by atoms with E-state index in [-0.39, 0.29) is 23.1 Å². The molecule has 0 aliphatic rings. The van der Waals surface area contributed by atoms with Crippen LogP contribution in [0.5, 0.6) is 0 Å². The zero-order chi connectivity index (χ0) is 16.9. The highest BCUT2D eigenvalue weighted by Gasteiger charge is 2.27. The molecule has 0 saturated carbocycles. The van der Waals surface area contributed by atoms with Crippen LogP contribution in [0, 0.1) is 22.6 Å². The summed E-state index contributed by atoms with van der Waals surface area (Å²) >= 11 is 0. The van der Waals surface area contributed by atoms with Crippen LogP contribution in [0.4, 0.5) is 14.9 Å². The Bertz CT molecular complexity index is 578. The fourth-order valence-corrected chi connectivity index (χ4v) is 2.20. The van der Waals surface area contributed by atoms with Crippen molar-refractivity contribution in [3.63, 3.8) is 0 Å². The molecule has 0 spiro atoms. The molecule has 22 heavy (non-hydrogen) atoms. The molecule has 1 rings (SSSR count). The van der Waals surface area contributed by atoms with Crippen LogP contribution in [-0.2, 0) is 0 Å². The predicted molar refractivity (Wildman–Crippen MR) is 85.1 cm³/mol. The first-order valence-electron chi connectivity index (χ1n) is 7.07. The number of urea groups is 1. The van der Waals surface area contributed by atoms with Crippen molar-refractivity contribution < 1.29 is 9.18 Å². The Morgan fingerprint density at radius 1 is 1.45 bits per heavy atom. The first kappa shape index (κ1) is 17.9. The normalized spacial score (nSPS) is 12.6. The number of hydrogen-bond donors (Lipinski definition) is 2. The Morgan fingerprint density at radius 2 is 2.09 bits per heavy atom. The van der Waals surface area contributed by atoms with Crippen LogP contribution in [0.1, 0.15) is 26.3 Å². The molecule has 0 radical (unpaired) electrons. The lowest BCUT2D eigenvalue weighted by Crippen LogP contribution is -2.48. The second-order valence-electron chi connectivity index (χ2n) is 6.35. The van der Waals surface area contributed by atoms with Crippen molar-refractivity contribution in [3.8, 4) is 6.07 Å². The van der Waals surface area contributed by atoms with E-state index < -0.39 is 5.82 Å². The predicted octanol–water partition coefficient (Wildman–Crippen LogP) is 2.80. The molecule has 2 amide bonds. The van der Waals surface area contributed by atoms with Gasteiger partial charge in [0.2, 0.25) is 0 Å². The summed E-state index contributed by atoms with van der Waals surface area (Å²) in [6.45, 7) is 6.91. The molecule has 6 heteroatoms. The van der Waals surface area contributed by atoms with Gasteiger partial charge >= 0.3 is 6.03 Å². The molecule has 0 aliphatic heterocycles. The van der Waals surface area contributed by atoms with E-state index in [0.29, 0.717) is 5.69 Å². The van der Waals surface area contributed by atoms with E-state index in [9.17, 15) is 9.18 Å². The molecule has 0 fully saturated rings. The molecule has 1 unspecified atom stereocenters. The van der Waals surface area contributed by atoms with Gasteiger partial charge in [0.15, 0.2) is 0 Å². The molecular weight excluding hydrogens is 283 g/mol. The molecule has 120 valence electrons. The van der Waals surface area contributed by atoms with E-state index in [0.717, 1.165) is 12.6 Å². The Balaban J connectivity index is 2.69. The van der Waals surface area contributed by atoms with E-state index in [4.69, 9.17) is 5.26 Å². The topological polar surface area (TPSA) is 68.2 Å². The summed E-state index contributed by atoms with van der Waals surface area (Å²) in [6.07, 6.45) is 0. The minimum absolute atomic E-state index is 0.0641. The largest absolute Gasteiger partial charge is 0.335 e. The maximum atomic E-state index is 13.2. The summed E-state index contributed by atoms with van der Waals surface area (Å²) in [4.78, 5) is 14.1. The van der Waals surface area contributed by atoms with Crippen molar-refractivity contribution in [1.29, 1.82) is 5.26 Å². The highest BCUT2D eigenvalue weighted by Crippen LogP contribution is 2.21. The van der Waals surface area contributed by atoms with Crippen molar-refractivity contribution in [1.82, 2.24) is 10.2 Å². The van der Waals surface area contributed by atoms with Crippen molar-refractivity contribution in [2.75, 3.05) is 26.0 Å². The molecule has 0 saturated heterocycles. The molecule has 1 atom stereocenters. The molecule has 5 nitrogen and oxygen atoms in total. The van der Waals surface area contributed by atoms with E-state index in [1.54, 1.807) is 6.07 Å². The zero-order valence-corrected chi connectivity index (χ0v) is 13.7. The maximum Gasteiger partial charge on any atom is 0.319 e. The highest BCUT2D eigenvalue weighted by molar-refractivity contribution is 5.89. The summed E-state index contributed by atoms with van der Waals surface area (Å²) in [5.74, 6) is -0.603. The standard InChI is InChI=1S/C16H23FN4O/c1-11(16(2,3)10-21(4)5)19-15(22)20-13-6-7-14(17)12(8-13)9-18/h6-8,11H,10H2,1-5H3,(H2,19,20,22). The Kier molecular flexibility index (Phi) is 5.89. The molecule has 0 heterocycles. The summed E-state index contributed by atoms with van der Waals surface area (Å²) in [6, 6.07) is 5.19. The van der Waals surface area contributed by atoms with Crippen LogP contribution in [0.3, 0.4) is 0 Å². The SMILES string of the molecule is CC(NC(=O)Nc1ccc(F)c(C#N)c1)C(C)(C)CN(C)C. The van der Waals surface area contributed by atoms with Gasteiger partial charge in [-0.15, -0.1) is 0 Å². The van der Waals surface area contributed by atoms with Crippen LogP contribution in [0.2, 0.25) is 0 Å². The minimum Gasteiger partial charge on any atom is -0.335 e. The average molecular weight is 306 g/mol. The number of halogens is 1. The van der Waals surface area contributed by atoms with Gasteiger partial charge in [-0.1, -0.05) is 13.8 Å². The van der Waals surface area contributed by atoms with Crippen LogP contribution >= 0.6 is 0 Å². The smallest absolute Gasteiger partial charge is 0.319 e. The van der Waals surface area contributed by atoms with Gasteiger partial charge in [0.05, 0.1) is 5.56 Å². The van der Waals surface area contributed by atoms with E-state index >= 15 is 0 Å². The fraction of sp³-hybridized carbons (Fsp3) is 0.500. The monoisotopic (exact) mass is 306 g/mol.